The molecule has 0 aliphatic rings. The Kier molecular flexibility index (Phi) is 24.0. The van der Waals surface area contributed by atoms with Crippen LogP contribution in [-0.2, 0) is 0 Å². The van der Waals surface area contributed by atoms with Gasteiger partial charge in [-0.25, -0.2) is 0 Å². The Morgan fingerprint density at radius 1 is 0.370 bits per heavy atom. The number of rotatable bonds is 23. The van der Waals surface area contributed by atoms with E-state index in [1.165, 1.54) is 148 Å². The molecule has 0 spiro atoms. The highest BCUT2D eigenvalue weighted by Crippen LogP contribution is 2.15. The van der Waals surface area contributed by atoms with Crippen molar-refractivity contribution in [3.63, 3.8) is 0 Å². The number of nitrogens with two attached hydrogens (primary N) is 1. The summed E-state index contributed by atoms with van der Waals surface area (Å²) in [6, 6.07) is 0.468. The van der Waals surface area contributed by atoms with E-state index in [0.29, 0.717) is 6.04 Å². The van der Waals surface area contributed by atoms with Crippen LogP contribution in [0.25, 0.3) is 0 Å². The van der Waals surface area contributed by atoms with Crippen molar-refractivity contribution in [1.29, 1.82) is 0 Å². The SMILES string of the molecule is CCCCCCCCCCCCCCCCCCCCCC(N)CCCC. The van der Waals surface area contributed by atoms with E-state index in [-0.39, 0.29) is 0 Å². The molecule has 0 radical (unpaired) electrons. The minimum absolute atomic E-state index is 0.468. The summed E-state index contributed by atoms with van der Waals surface area (Å²) in [5, 5.41) is 0. The largest absolute Gasteiger partial charge is 0.328 e. The van der Waals surface area contributed by atoms with Crippen molar-refractivity contribution in [2.24, 2.45) is 5.73 Å². The molecule has 0 aliphatic carbocycles. The highest BCUT2D eigenvalue weighted by molar-refractivity contribution is 4.61. The standard InChI is InChI=1S/C26H55N/c1-3-5-7-8-9-10-11-12-13-14-15-16-17-18-19-20-21-22-23-25-26(27)24-6-4-2/h26H,3-25,27H2,1-2H3. The van der Waals surface area contributed by atoms with Crippen molar-refractivity contribution in [2.45, 2.75) is 168 Å². The van der Waals surface area contributed by atoms with Gasteiger partial charge in [-0.1, -0.05) is 149 Å². The van der Waals surface area contributed by atoms with Crippen molar-refractivity contribution in [2.75, 3.05) is 0 Å². The Morgan fingerprint density at radius 2 is 0.630 bits per heavy atom. The predicted molar refractivity (Wildman–Crippen MR) is 126 cm³/mol. The first-order valence-corrected chi connectivity index (χ1v) is 13.1. The quantitative estimate of drug-likeness (QED) is 0.175. The van der Waals surface area contributed by atoms with Crippen molar-refractivity contribution in [3.05, 3.63) is 0 Å². The Hall–Kier alpha value is -0.0400. The number of unbranched alkanes of at least 4 members (excludes halogenated alkanes) is 19. The van der Waals surface area contributed by atoms with Gasteiger partial charge in [-0.05, 0) is 12.8 Å². The van der Waals surface area contributed by atoms with Crippen LogP contribution in [0.5, 0.6) is 0 Å². The lowest BCUT2D eigenvalue weighted by molar-refractivity contribution is 0.491. The number of hydrogen-bond acceptors (Lipinski definition) is 1. The van der Waals surface area contributed by atoms with E-state index in [4.69, 9.17) is 5.73 Å². The molecule has 0 aromatic carbocycles. The van der Waals surface area contributed by atoms with Gasteiger partial charge in [0.25, 0.3) is 0 Å². The van der Waals surface area contributed by atoms with E-state index < -0.39 is 0 Å². The van der Waals surface area contributed by atoms with Crippen molar-refractivity contribution in [3.8, 4) is 0 Å². The van der Waals surface area contributed by atoms with Crippen LogP contribution in [0, 0.1) is 0 Å². The molecule has 0 fully saturated rings. The van der Waals surface area contributed by atoms with E-state index in [1.807, 2.05) is 0 Å². The zero-order chi connectivity index (χ0) is 19.8. The molecule has 1 atom stereocenters. The van der Waals surface area contributed by atoms with E-state index in [2.05, 4.69) is 13.8 Å². The van der Waals surface area contributed by atoms with Gasteiger partial charge in [0.1, 0.15) is 0 Å². The lowest BCUT2D eigenvalue weighted by atomic mass is 10.0. The third kappa shape index (κ3) is 23.9. The van der Waals surface area contributed by atoms with Crippen LogP contribution in [0.4, 0.5) is 0 Å². The van der Waals surface area contributed by atoms with Gasteiger partial charge in [-0.3, -0.25) is 0 Å². The molecule has 0 saturated carbocycles. The monoisotopic (exact) mass is 381 g/mol. The van der Waals surface area contributed by atoms with E-state index >= 15 is 0 Å². The summed E-state index contributed by atoms with van der Waals surface area (Å²) in [4.78, 5) is 0. The first kappa shape index (κ1) is 27.0. The van der Waals surface area contributed by atoms with Gasteiger partial charge in [-0.15, -0.1) is 0 Å². The fourth-order valence-electron chi connectivity index (χ4n) is 4.10. The zero-order valence-electron chi connectivity index (χ0n) is 19.4. The third-order valence-corrected chi connectivity index (χ3v) is 6.11. The van der Waals surface area contributed by atoms with Gasteiger partial charge in [-0.2, -0.15) is 0 Å². The highest BCUT2D eigenvalue weighted by atomic mass is 14.6. The Bertz CT molecular complexity index is 251. The van der Waals surface area contributed by atoms with Gasteiger partial charge in [0.2, 0.25) is 0 Å². The Labute approximate surface area is 173 Å². The molecular formula is C26H55N. The van der Waals surface area contributed by atoms with Crippen LogP contribution in [-0.4, -0.2) is 6.04 Å². The van der Waals surface area contributed by atoms with Gasteiger partial charge in [0, 0.05) is 6.04 Å². The molecule has 0 saturated heterocycles. The minimum atomic E-state index is 0.468. The second kappa shape index (κ2) is 24.0. The van der Waals surface area contributed by atoms with Gasteiger partial charge in [0.05, 0.1) is 0 Å². The van der Waals surface area contributed by atoms with E-state index in [9.17, 15) is 0 Å². The maximum Gasteiger partial charge on any atom is 0.00388 e. The normalized spacial score (nSPS) is 12.6. The van der Waals surface area contributed by atoms with E-state index in [1.54, 1.807) is 0 Å². The minimum Gasteiger partial charge on any atom is -0.328 e. The molecule has 0 aromatic rings. The van der Waals surface area contributed by atoms with Crippen LogP contribution in [0.3, 0.4) is 0 Å². The van der Waals surface area contributed by atoms with Crippen LogP contribution < -0.4 is 5.73 Å². The lowest BCUT2D eigenvalue weighted by Gasteiger charge is -2.10. The fourth-order valence-corrected chi connectivity index (χ4v) is 4.10. The molecule has 164 valence electrons. The maximum absolute atomic E-state index is 6.14. The van der Waals surface area contributed by atoms with Gasteiger partial charge >= 0.3 is 0 Å². The summed E-state index contributed by atoms with van der Waals surface area (Å²) >= 11 is 0. The van der Waals surface area contributed by atoms with Crippen molar-refractivity contribution >= 4 is 0 Å². The molecule has 0 amide bonds. The molecule has 2 N–H and O–H groups in total. The second-order valence-corrected chi connectivity index (χ2v) is 9.05. The van der Waals surface area contributed by atoms with Crippen LogP contribution in [0.2, 0.25) is 0 Å². The molecule has 0 bridgehead atoms. The number of hydrogen-bond donors (Lipinski definition) is 1. The summed E-state index contributed by atoms with van der Waals surface area (Å²) in [6.07, 6.45) is 32.7. The summed E-state index contributed by atoms with van der Waals surface area (Å²) in [5.41, 5.74) is 6.14. The molecule has 0 rings (SSSR count). The maximum atomic E-state index is 6.14. The molecule has 1 unspecified atom stereocenters. The fraction of sp³-hybridized carbons (Fsp3) is 1.00. The summed E-state index contributed by atoms with van der Waals surface area (Å²) in [6.45, 7) is 4.55. The molecule has 1 nitrogen and oxygen atoms in total. The van der Waals surface area contributed by atoms with Crippen molar-refractivity contribution in [1.82, 2.24) is 0 Å². The summed E-state index contributed by atoms with van der Waals surface area (Å²) in [7, 11) is 0. The van der Waals surface area contributed by atoms with Crippen LogP contribution >= 0.6 is 0 Å². The first-order chi connectivity index (χ1) is 13.3. The first-order valence-electron chi connectivity index (χ1n) is 13.1. The van der Waals surface area contributed by atoms with Crippen LogP contribution in [0.15, 0.2) is 0 Å². The highest BCUT2D eigenvalue weighted by Gasteiger charge is 2.01. The average Bonchev–Trinajstić information content (AvgIpc) is 2.68. The molecule has 0 heterocycles. The molecule has 27 heavy (non-hydrogen) atoms. The Morgan fingerprint density at radius 3 is 0.963 bits per heavy atom. The molecule has 0 aromatic heterocycles. The van der Waals surface area contributed by atoms with Crippen molar-refractivity contribution < 1.29 is 0 Å². The van der Waals surface area contributed by atoms with Gasteiger partial charge in [0.15, 0.2) is 0 Å². The molecule has 0 aliphatic heterocycles. The zero-order valence-corrected chi connectivity index (χ0v) is 19.4. The molecular weight excluding hydrogens is 326 g/mol. The average molecular weight is 382 g/mol. The van der Waals surface area contributed by atoms with Gasteiger partial charge < -0.3 is 5.73 Å². The lowest BCUT2D eigenvalue weighted by Crippen LogP contribution is -2.19. The molecule has 1 heteroatoms. The van der Waals surface area contributed by atoms with E-state index in [0.717, 1.165) is 0 Å². The topological polar surface area (TPSA) is 26.0 Å². The smallest absolute Gasteiger partial charge is 0.00388 e. The summed E-state index contributed by atoms with van der Waals surface area (Å²) in [5.74, 6) is 0. The third-order valence-electron chi connectivity index (χ3n) is 6.11. The second-order valence-electron chi connectivity index (χ2n) is 9.05. The summed E-state index contributed by atoms with van der Waals surface area (Å²) < 4.78 is 0. The predicted octanol–water partition coefficient (Wildman–Crippen LogP) is 9.33. The Balaban J connectivity index is 3.03. The van der Waals surface area contributed by atoms with Crippen LogP contribution in [0.1, 0.15) is 162 Å².